The Balaban J connectivity index is 1.81. The summed E-state index contributed by atoms with van der Waals surface area (Å²) in [5.74, 6) is -6.13. The first-order valence-electron chi connectivity index (χ1n) is 9.77. The fourth-order valence-corrected chi connectivity index (χ4v) is 4.04. The Labute approximate surface area is 187 Å². The molecule has 12 heteroatoms. The predicted molar refractivity (Wildman–Crippen MR) is 113 cm³/mol. The van der Waals surface area contributed by atoms with Gasteiger partial charge < -0.3 is 20.3 Å². The molecule has 0 spiro atoms. The molecule has 0 fully saturated rings. The summed E-state index contributed by atoms with van der Waals surface area (Å²) in [5.41, 5.74) is 3.06. The molecular weight excluding hydrogens is 458 g/mol. The number of hydrogen-bond acceptors (Lipinski definition) is 6. The molecule has 3 heterocycles. The summed E-state index contributed by atoms with van der Waals surface area (Å²) in [6.07, 6.45) is 2.15. The van der Waals surface area contributed by atoms with E-state index in [2.05, 4.69) is 9.97 Å². The van der Waals surface area contributed by atoms with Gasteiger partial charge in [-0.05, 0) is 18.2 Å². The first kappa shape index (κ1) is 21.4. The second-order valence-corrected chi connectivity index (χ2v) is 7.62. The van der Waals surface area contributed by atoms with E-state index in [1.807, 2.05) is 0 Å². The molecule has 0 radical (unpaired) electrons. The zero-order chi connectivity index (χ0) is 24.3. The molecule has 5 rings (SSSR count). The van der Waals surface area contributed by atoms with E-state index in [1.165, 1.54) is 11.1 Å². The molecule has 172 valence electrons. The van der Waals surface area contributed by atoms with Gasteiger partial charge in [0.25, 0.3) is 0 Å². The van der Waals surface area contributed by atoms with Crippen LogP contribution in [0, 0.1) is 23.3 Å². The second-order valence-electron chi connectivity index (χ2n) is 7.62. The van der Waals surface area contributed by atoms with Crippen LogP contribution in [0.5, 0.6) is 0 Å². The maximum absolute atomic E-state index is 15.9. The van der Waals surface area contributed by atoms with Crippen molar-refractivity contribution in [2.24, 2.45) is 0 Å². The summed E-state index contributed by atoms with van der Waals surface area (Å²) in [6, 6.07) is 3.05. The highest BCUT2D eigenvalue weighted by Gasteiger charge is 2.30. The SMILES string of the molecule is Nc1ncc2c(n1)CN(c1c(F)cc3c(=O)c(C(=O)O)cn(-c4ccc(F)cc4F)c3c1F)C2. The number of carbonyl (C=O) groups is 1. The van der Waals surface area contributed by atoms with Gasteiger partial charge in [0, 0.05) is 30.6 Å². The number of pyridine rings is 1. The maximum atomic E-state index is 15.9. The molecule has 0 unspecified atom stereocenters. The Morgan fingerprint density at radius 2 is 1.85 bits per heavy atom. The Morgan fingerprint density at radius 3 is 2.56 bits per heavy atom. The van der Waals surface area contributed by atoms with Crippen molar-refractivity contribution in [3.8, 4) is 5.69 Å². The van der Waals surface area contributed by atoms with Gasteiger partial charge in [-0.3, -0.25) is 4.79 Å². The van der Waals surface area contributed by atoms with Gasteiger partial charge in [0.1, 0.15) is 28.7 Å². The highest BCUT2D eigenvalue weighted by atomic mass is 19.1. The number of nitrogen functional groups attached to an aromatic ring is 1. The topological polar surface area (TPSA) is 114 Å². The standard InChI is InChI=1S/C22H13F4N5O3/c23-10-1-2-16(13(24)3-10)31-7-12(21(33)34)20(32)11-4-14(25)19(17(26)18(11)31)30-6-9-5-28-22(27)29-15(9)8-30/h1-5,7H,6,8H2,(H,33,34)(H2,27,28,29). The minimum atomic E-state index is -1.68. The van der Waals surface area contributed by atoms with Crippen LogP contribution >= 0.6 is 0 Å². The fourth-order valence-electron chi connectivity index (χ4n) is 4.04. The van der Waals surface area contributed by atoms with Crippen molar-refractivity contribution in [2.45, 2.75) is 13.1 Å². The maximum Gasteiger partial charge on any atom is 0.341 e. The van der Waals surface area contributed by atoms with Crippen LogP contribution in [0.4, 0.5) is 29.2 Å². The number of nitrogens with two attached hydrogens (primary N) is 1. The van der Waals surface area contributed by atoms with Crippen LogP contribution in [-0.4, -0.2) is 25.6 Å². The number of anilines is 2. The molecule has 4 aromatic rings. The number of halogens is 4. The number of fused-ring (bicyclic) bond motifs is 2. The first-order valence-corrected chi connectivity index (χ1v) is 9.77. The highest BCUT2D eigenvalue weighted by molar-refractivity contribution is 5.94. The smallest absolute Gasteiger partial charge is 0.341 e. The highest BCUT2D eigenvalue weighted by Crippen LogP contribution is 2.36. The summed E-state index contributed by atoms with van der Waals surface area (Å²) in [4.78, 5) is 33.5. The summed E-state index contributed by atoms with van der Waals surface area (Å²) >= 11 is 0. The molecule has 0 amide bonds. The lowest BCUT2D eigenvalue weighted by atomic mass is 10.1. The van der Waals surface area contributed by atoms with E-state index < -0.39 is 62.5 Å². The third kappa shape index (κ3) is 3.22. The van der Waals surface area contributed by atoms with Crippen LogP contribution in [0.3, 0.4) is 0 Å². The van der Waals surface area contributed by atoms with E-state index in [-0.39, 0.29) is 19.0 Å². The van der Waals surface area contributed by atoms with Crippen molar-refractivity contribution in [1.82, 2.24) is 14.5 Å². The molecule has 1 aliphatic heterocycles. The number of carboxylic acids is 1. The van der Waals surface area contributed by atoms with Crippen LogP contribution in [-0.2, 0) is 13.1 Å². The summed E-state index contributed by atoms with van der Waals surface area (Å²) < 4.78 is 59.9. The van der Waals surface area contributed by atoms with E-state index in [9.17, 15) is 23.5 Å². The third-order valence-corrected chi connectivity index (χ3v) is 5.55. The van der Waals surface area contributed by atoms with Crippen LogP contribution in [0.25, 0.3) is 16.6 Å². The molecule has 1 aliphatic rings. The van der Waals surface area contributed by atoms with Gasteiger partial charge in [-0.25, -0.2) is 32.3 Å². The Hall–Kier alpha value is -4.48. The van der Waals surface area contributed by atoms with Crippen LogP contribution < -0.4 is 16.1 Å². The fraction of sp³-hybridized carbons (Fsp3) is 0.0909. The van der Waals surface area contributed by atoms with Crippen molar-refractivity contribution < 1.29 is 27.5 Å². The number of aromatic nitrogens is 3. The summed E-state index contributed by atoms with van der Waals surface area (Å²) in [5, 5.41) is 8.79. The van der Waals surface area contributed by atoms with E-state index in [4.69, 9.17) is 5.73 Å². The number of aromatic carboxylic acids is 1. The quantitative estimate of drug-likeness (QED) is 0.441. The van der Waals surface area contributed by atoms with Gasteiger partial charge in [0.05, 0.1) is 28.8 Å². The minimum Gasteiger partial charge on any atom is -0.477 e. The number of hydrogen-bond donors (Lipinski definition) is 2. The van der Waals surface area contributed by atoms with Crippen molar-refractivity contribution in [2.75, 3.05) is 10.6 Å². The Bertz CT molecular complexity index is 1590. The lowest BCUT2D eigenvalue weighted by Crippen LogP contribution is -2.23. The third-order valence-electron chi connectivity index (χ3n) is 5.55. The molecule has 2 aromatic heterocycles. The number of rotatable bonds is 3. The van der Waals surface area contributed by atoms with Crippen molar-refractivity contribution in [3.05, 3.63) is 87.0 Å². The van der Waals surface area contributed by atoms with E-state index >= 15 is 8.78 Å². The second kappa shape index (κ2) is 7.54. The summed E-state index contributed by atoms with van der Waals surface area (Å²) in [7, 11) is 0. The molecule has 34 heavy (non-hydrogen) atoms. The van der Waals surface area contributed by atoms with Crippen LogP contribution in [0.15, 0.2) is 41.5 Å². The Morgan fingerprint density at radius 1 is 1.09 bits per heavy atom. The van der Waals surface area contributed by atoms with Crippen LogP contribution in [0.2, 0.25) is 0 Å². The lowest BCUT2D eigenvalue weighted by molar-refractivity contribution is 0.0695. The molecule has 8 nitrogen and oxygen atoms in total. The van der Waals surface area contributed by atoms with E-state index in [0.29, 0.717) is 23.4 Å². The molecular formula is C22H13F4N5O3. The molecule has 0 saturated carbocycles. The van der Waals surface area contributed by atoms with Crippen molar-refractivity contribution in [1.29, 1.82) is 0 Å². The average molecular weight is 471 g/mol. The Kier molecular flexibility index (Phi) is 4.74. The molecule has 2 aromatic carbocycles. The van der Waals surface area contributed by atoms with Gasteiger partial charge in [-0.2, -0.15) is 0 Å². The number of benzene rings is 2. The zero-order valence-corrected chi connectivity index (χ0v) is 17.0. The van der Waals surface area contributed by atoms with Gasteiger partial charge in [-0.15, -0.1) is 0 Å². The van der Waals surface area contributed by atoms with Gasteiger partial charge in [0.15, 0.2) is 5.82 Å². The van der Waals surface area contributed by atoms with E-state index in [1.54, 1.807) is 0 Å². The summed E-state index contributed by atoms with van der Waals surface area (Å²) in [6.45, 7) is 0.00105. The normalized spacial score (nSPS) is 12.9. The first-order chi connectivity index (χ1) is 16.2. The lowest BCUT2D eigenvalue weighted by Gasteiger charge is -2.22. The average Bonchev–Trinajstić information content (AvgIpc) is 3.17. The largest absolute Gasteiger partial charge is 0.477 e. The number of carboxylic acid groups (broad SMARTS) is 1. The van der Waals surface area contributed by atoms with Crippen molar-refractivity contribution >= 4 is 28.5 Å². The predicted octanol–water partition coefficient (Wildman–Crippen LogP) is 3.14. The molecule has 0 aliphatic carbocycles. The molecule has 0 bridgehead atoms. The molecule has 3 N–H and O–H groups in total. The number of nitrogens with zero attached hydrogens (tertiary/aromatic N) is 4. The monoisotopic (exact) mass is 471 g/mol. The van der Waals surface area contributed by atoms with Gasteiger partial charge >= 0.3 is 5.97 Å². The van der Waals surface area contributed by atoms with Gasteiger partial charge in [-0.1, -0.05) is 0 Å². The zero-order valence-electron chi connectivity index (χ0n) is 17.0. The molecule has 0 saturated heterocycles. The van der Waals surface area contributed by atoms with E-state index in [0.717, 1.165) is 22.9 Å². The molecule has 0 atom stereocenters. The van der Waals surface area contributed by atoms with Crippen molar-refractivity contribution in [3.63, 3.8) is 0 Å². The minimum absolute atomic E-state index is 0.0121. The van der Waals surface area contributed by atoms with Gasteiger partial charge in [0.2, 0.25) is 11.4 Å². The van der Waals surface area contributed by atoms with Crippen LogP contribution in [0.1, 0.15) is 21.6 Å².